The molecule has 0 saturated heterocycles. The highest BCUT2D eigenvalue weighted by molar-refractivity contribution is 5.63. The third-order valence-electron chi connectivity index (χ3n) is 2.89. The van der Waals surface area contributed by atoms with E-state index in [9.17, 15) is 20.4 Å². The second kappa shape index (κ2) is 5.71. The van der Waals surface area contributed by atoms with Gasteiger partial charge in [0.05, 0.1) is 11.8 Å². The van der Waals surface area contributed by atoms with Crippen LogP contribution in [0.25, 0.3) is 0 Å². The first kappa shape index (κ1) is 10.4. The third kappa shape index (κ3) is 2.95. The van der Waals surface area contributed by atoms with Crippen LogP contribution in [0.1, 0.15) is 15.8 Å². The summed E-state index contributed by atoms with van der Waals surface area (Å²) in [5, 5.41) is 39.1. The van der Waals surface area contributed by atoms with E-state index in [1.54, 1.807) is 6.07 Å². The van der Waals surface area contributed by atoms with Crippen molar-refractivity contribution >= 4 is 5.69 Å². The number of benzene rings is 2. The van der Waals surface area contributed by atoms with Gasteiger partial charge >= 0.3 is 0 Å². The van der Waals surface area contributed by atoms with Crippen molar-refractivity contribution in [2.45, 2.75) is 6.10 Å². The quantitative estimate of drug-likeness (QED) is 0.643. The maximum Gasteiger partial charge on any atom is 0.181 e. The summed E-state index contributed by atoms with van der Waals surface area (Å²) in [5.41, 5.74) is 0.211. The van der Waals surface area contributed by atoms with E-state index in [-0.39, 0.29) is 18.0 Å². The lowest BCUT2D eigenvalue weighted by molar-refractivity contribution is 0.184. The fourth-order valence-corrected chi connectivity index (χ4v) is 1.85. The molecule has 0 bridgehead atoms. The van der Waals surface area contributed by atoms with Gasteiger partial charge in [0.2, 0.25) is 0 Å². The number of aliphatic hydroxyl groups is 1. The van der Waals surface area contributed by atoms with E-state index in [4.69, 9.17) is 4.11 Å². The summed E-state index contributed by atoms with van der Waals surface area (Å²) in [7, 11) is 0. The highest BCUT2D eigenvalue weighted by atomic mass is 16.3. The molecular weight excluding hydrogens is 258 g/mol. The van der Waals surface area contributed by atoms with Gasteiger partial charge in [0, 0.05) is 17.6 Å². The lowest BCUT2D eigenvalue weighted by atomic mass is 10.1. The van der Waals surface area contributed by atoms with Crippen LogP contribution in [0.4, 0.5) is 5.69 Å². The Morgan fingerprint density at radius 2 is 1.90 bits per heavy atom. The standard InChI is InChI=1S/C15H17NO4/c1-16(12-6-3-7-13(18)15(12)20)9-14(19)10-4-2-5-11(17)8-10/h2-8,14,17-20H,9H2,1H3/i1D3. The molecule has 20 heavy (non-hydrogen) atoms. The fraction of sp³-hybridized carbons (Fsp3) is 0.200. The molecule has 0 aliphatic carbocycles. The lowest BCUT2D eigenvalue weighted by Crippen LogP contribution is -2.24. The minimum atomic E-state index is -2.65. The average molecular weight is 278 g/mol. The maximum atomic E-state index is 10.3. The summed E-state index contributed by atoms with van der Waals surface area (Å²) in [6.45, 7) is -3.01. The first-order chi connectivity index (χ1) is 10.7. The molecule has 1 atom stereocenters. The monoisotopic (exact) mass is 278 g/mol. The predicted molar refractivity (Wildman–Crippen MR) is 76.1 cm³/mol. The van der Waals surface area contributed by atoms with Gasteiger partial charge in [0.1, 0.15) is 5.75 Å². The van der Waals surface area contributed by atoms with E-state index in [1.807, 2.05) is 0 Å². The number of aromatic hydroxyl groups is 3. The highest BCUT2D eigenvalue weighted by Crippen LogP contribution is 2.35. The molecule has 0 spiro atoms. The van der Waals surface area contributed by atoms with Crippen molar-refractivity contribution in [1.82, 2.24) is 0 Å². The van der Waals surface area contributed by atoms with E-state index in [1.165, 1.54) is 36.4 Å². The van der Waals surface area contributed by atoms with Crippen LogP contribution in [0.2, 0.25) is 0 Å². The Kier molecular flexibility index (Phi) is 2.97. The normalized spacial score (nSPS) is 14.9. The van der Waals surface area contributed by atoms with E-state index < -0.39 is 24.6 Å². The number of hydrogen-bond acceptors (Lipinski definition) is 5. The molecular formula is C15H17NO4. The molecule has 4 N–H and O–H groups in total. The topological polar surface area (TPSA) is 84.2 Å². The van der Waals surface area contributed by atoms with Gasteiger partial charge in [0.15, 0.2) is 11.5 Å². The summed E-state index contributed by atoms with van der Waals surface area (Å²) in [6, 6.07) is 9.77. The van der Waals surface area contributed by atoms with Gasteiger partial charge in [-0.3, -0.25) is 0 Å². The first-order valence-corrected chi connectivity index (χ1v) is 5.95. The van der Waals surface area contributed by atoms with Gasteiger partial charge in [-0.2, -0.15) is 0 Å². The molecule has 0 aliphatic heterocycles. The number of aliphatic hydroxyl groups excluding tert-OH is 1. The fourth-order valence-electron chi connectivity index (χ4n) is 1.85. The van der Waals surface area contributed by atoms with E-state index >= 15 is 0 Å². The van der Waals surface area contributed by atoms with Crippen molar-refractivity contribution in [2.75, 3.05) is 18.4 Å². The van der Waals surface area contributed by atoms with Crippen molar-refractivity contribution in [2.24, 2.45) is 0 Å². The molecule has 106 valence electrons. The van der Waals surface area contributed by atoms with Crippen LogP contribution in [0.3, 0.4) is 0 Å². The van der Waals surface area contributed by atoms with Gasteiger partial charge in [-0.1, -0.05) is 18.2 Å². The SMILES string of the molecule is [2H]C([2H])([2H])N(CC(O)c1cccc(O)c1)c1cccc(O)c1O. The first-order valence-electron chi connectivity index (χ1n) is 7.45. The van der Waals surface area contributed by atoms with Crippen LogP contribution >= 0.6 is 0 Å². The van der Waals surface area contributed by atoms with Gasteiger partial charge in [-0.15, -0.1) is 0 Å². The predicted octanol–water partition coefficient (Wildman–Crippen LogP) is 1.97. The third-order valence-corrected chi connectivity index (χ3v) is 2.89. The second-order valence-corrected chi connectivity index (χ2v) is 4.37. The Balaban J connectivity index is 2.35. The van der Waals surface area contributed by atoms with Crippen LogP contribution in [0.15, 0.2) is 42.5 Å². The summed E-state index contributed by atoms with van der Waals surface area (Å²) in [5.74, 6) is -1.09. The smallest absolute Gasteiger partial charge is 0.181 e. The zero-order chi connectivity index (χ0) is 17.2. The van der Waals surface area contributed by atoms with Gasteiger partial charge in [-0.25, -0.2) is 0 Å². The molecule has 5 nitrogen and oxygen atoms in total. The van der Waals surface area contributed by atoms with Crippen LogP contribution in [-0.2, 0) is 0 Å². The molecule has 0 saturated carbocycles. The number of phenols is 3. The number of hydrogen-bond donors (Lipinski definition) is 4. The van der Waals surface area contributed by atoms with Crippen LogP contribution in [0, 0.1) is 0 Å². The summed E-state index contributed by atoms with van der Waals surface area (Å²) in [4.78, 5) is 0.816. The van der Waals surface area contributed by atoms with E-state index in [2.05, 4.69) is 0 Å². The zero-order valence-electron chi connectivity index (χ0n) is 13.6. The molecule has 1 unspecified atom stereocenters. The Bertz CT molecular complexity index is 691. The maximum absolute atomic E-state index is 10.3. The van der Waals surface area contributed by atoms with Crippen LogP contribution in [-0.4, -0.2) is 33.9 Å². The zero-order valence-corrected chi connectivity index (χ0v) is 10.6. The molecule has 2 aromatic rings. The van der Waals surface area contributed by atoms with E-state index in [0.29, 0.717) is 5.56 Å². The Hall–Kier alpha value is -2.40. The number of likely N-dealkylation sites (N-methyl/N-ethyl adjacent to an activating group) is 1. The minimum absolute atomic E-state index is 0.0535. The number of para-hydroxylation sites is 1. The molecule has 2 rings (SSSR count). The largest absolute Gasteiger partial charge is 0.508 e. The van der Waals surface area contributed by atoms with E-state index in [0.717, 1.165) is 4.90 Å². The molecule has 0 aromatic heterocycles. The number of nitrogens with zero attached hydrogens (tertiary/aromatic N) is 1. The molecule has 0 amide bonds. The molecule has 0 radical (unpaired) electrons. The van der Waals surface area contributed by atoms with Crippen molar-refractivity contribution in [3.8, 4) is 17.2 Å². The minimum Gasteiger partial charge on any atom is -0.508 e. The van der Waals surface area contributed by atoms with Crippen molar-refractivity contribution in [3.05, 3.63) is 48.0 Å². The van der Waals surface area contributed by atoms with Gasteiger partial charge in [-0.05, 0) is 29.8 Å². The van der Waals surface area contributed by atoms with Gasteiger partial charge < -0.3 is 25.3 Å². The number of anilines is 1. The second-order valence-electron chi connectivity index (χ2n) is 4.37. The van der Waals surface area contributed by atoms with Crippen LogP contribution in [0.5, 0.6) is 17.2 Å². The molecule has 5 heteroatoms. The molecule has 0 aliphatic rings. The Morgan fingerprint density at radius 1 is 1.15 bits per heavy atom. The number of phenolic OH excluding ortho intramolecular Hbond substituents is 3. The number of rotatable bonds is 4. The van der Waals surface area contributed by atoms with Gasteiger partial charge in [0.25, 0.3) is 0 Å². The molecule has 0 heterocycles. The summed E-state index contributed by atoms with van der Waals surface area (Å²) >= 11 is 0. The Labute approximate surface area is 121 Å². The average Bonchev–Trinajstić information content (AvgIpc) is 2.46. The Morgan fingerprint density at radius 3 is 2.60 bits per heavy atom. The van der Waals surface area contributed by atoms with Crippen molar-refractivity contribution in [3.63, 3.8) is 0 Å². The summed E-state index contributed by atoms with van der Waals surface area (Å²) in [6.07, 6.45) is -1.22. The van der Waals surface area contributed by atoms with Crippen LogP contribution < -0.4 is 4.90 Å². The molecule has 0 fully saturated rings. The van der Waals surface area contributed by atoms with Crippen molar-refractivity contribution < 1.29 is 24.5 Å². The highest BCUT2D eigenvalue weighted by Gasteiger charge is 2.15. The van der Waals surface area contributed by atoms with Crippen molar-refractivity contribution in [1.29, 1.82) is 0 Å². The molecule has 2 aromatic carbocycles. The lowest BCUT2D eigenvalue weighted by Gasteiger charge is -2.24. The summed E-state index contributed by atoms with van der Waals surface area (Å²) < 4.78 is 22.8.